The number of fused-ring (bicyclic) bond motifs is 1. The number of benzene rings is 1. The fourth-order valence-corrected chi connectivity index (χ4v) is 4.24. The van der Waals surface area contributed by atoms with Crippen molar-refractivity contribution in [3.05, 3.63) is 41.6 Å². The fraction of sp³-hybridized carbons (Fsp3) is 0.435. The molecule has 0 aliphatic heterocycles. The Hall–Kier alpha value is -3.07. The molecule has 2 aromatic heterocycles. The van der Waals surface area contributed by atoms with E-state index in [1.165, 1.54) is 18.5 Å². The van der Waals surface area contributed by atoms with Gasteiger partial charge in [0.15, 0.2) is 5.82 Å². The summed E-state index contributed by atoms with van der Waals surface area (Å²) in [5.41, 5.74) is 1.76. The number of nitrogens with one attached hydrogen (secondary N) is 2. The summed E-state index contributed by atoms with van der Waals surface area (Å²) in [4.78, 5) is 31.1. The van der Waals surface area contributed by atoms with E-state index in [1.54, 1.807) is 31.3 Å². The first kappa shape index (κ1) is 23.1. The molecule has 4 rings (SSSR count). The highest BCUT2D eigenvalue weighted by atomic mass is 35.5. The Labute approximate surface area is 197 Å². The molecule has 8 nitrogen and oxygen atoms in total. The van der Waals surface area contributed by atoms with E-state index in [-0.39, 0.29) is 17.0 Å². The standard InChI is InChI=1S/C23H27ClFN7O/c1-32(2)20(33)10-5-14-3-6-15(7-4-14)30-23-26-12-19-21(31-23)22(28-13-27-19)29-16-8-9-18(25)17(24)11-16/h8-9,11-15H,3-7,10H2,1-2H3,(H,26,30,31)(H,27,28,29). The monoisotopic (exact) mass is 471 g/mol. The van der Waals surface area contributed by atoms with E-state index in [9.17, 15) is 9.18 Å². The van der Waals surface area contributed by atoms with Gasteiger partial charge in [0.25, 0.3) is 0 Å². The topological polar surface area (TPSA) is 95.9 Å². The molecule has 174 valence electrons. The van der Waals surface area contributed by atoms with Gasteiger partial charge in [0.05, 0.1) is 11.2 Å². The molecule has 0 unspecified atom stereocenters. The van der Waals surface area contributed by atoms with Crippen molar-refractivity contribution in [1.29, 1.82) is 0 Å². The largest absolute Gasteiger partial charge is 0.351 e. The number of halogens is 2. The Morgan fingerprint density at radius 1 is 1.18 bits per heavy atom. The van der Waals surface area contributed by atoms with Crippen LogP contribution < -0.4 is 10.6 Å². The Balaban J connectivity index is 1.40. The SMILES string of the molecule is CN(C)C(=O)CCC1CCC(Nc2ncc3ncnc(Nc4ccc(F)c(Cl)c4)c3n2)CC1. The molecule has 33 heavy (non-hydrogen) atoms. The van der Waals surface area contributed by atoms with Crippen LogP contribution in [0.25, 0.3) is 11.0 Å². The Bertz CT molecular complexity index is 1130. The Morgan fingerprint density at radius 2 is 1.97 bits per heavy atom. The number of amides is 1. The highest BCUT2D eigenvalue weighted by Gasteiger charge is 2.23. The van der Waals surface area contributed by atoms with Gasteiger partial charge in [0.2, 0.25) is 11.9 Å². The second-order valence-corrected chi connectivity index (χ2v) is 9.00. The van der Waals surface area contributed by atoms with Crippen LogP contribution in [0.2, 0.25) is 5.02 Å². The summed E-state index contributed by atoms with van der Waals surface area (Å²) in [6.45, 7) is 0. The average Bonchev–Trinajstić information content (AvgIpc) is 2.81. The number of carbonyl (C=O) groups excluding carboxylic acids is 1. The third kappa shape index (κ3) is 5.84. The van der Waals surface area contributed by atoms with Crippen LogP contribution in [0.15, 0.2) is 30.7 Å². The maximum atomic E-state index is 13.5. The second-order valence-electron chi connectivity index (χ2n) is 8.59. The van der Waals surface area contributed by atoms with Crippen molar-refractivity contribution in [1.82, 2.24) is 24.8 Å². The maximum absolute atomic E-state index is 13.5. The molecule has 3 aromatic rings. The third-order valence-corrected chi connectivity index (χ3v) is 6.29. The molecule has 2 N–H and O–H groups in total. The summed E-state index contributed by atoms with van der Waals surface area (Å²) >= 11 is 5.89. The zero-order chi connectivity index (χ0) is 23.4. The zero-order valence-corrected chi connectivity index (χ0v) is 19.4. The van der Waals surface area contributed by atoms with Gasteiger partial charge in [-0.2, -0.15) is 0 Å². The molecule has 1 aromatic carbocycles. The van der Waals surface area contributed by atoms with Crippen LogP contribution >= 0.6 is 11.6 Å². The van der Waals surface area contributed by atoms with Crippen molar-refractivity contribution in [2.24, 2.45) is 5.92 Å². The van der Waals surface area contributed by atoms with E-state index in [2.05, 4.69) is 30.6 Å². The van der Waals surface area contributed by atoms with E-state index < -0.39 is 5.82 Å². The minimum atomic E-state index is -0.484. The van der Waals surface area contributed by atoms with Crippen LogP contribution in [0.1, 0.15) is 38.5 Å². The molecule has 1 saturated carbocycles. The lowest BCUT2D eigenvalue weighted by atomic mass is 9.83. The first-order chi connectivity index (χ1) is 15.9. The number of carbonyl (C=O) groups is 1. The predicted octanol–water partition coefficient (Wildman–Crippen LogP) is 4.80. The third-order valence-electron chi connectivity index (χ3n) is 6.00. The predicted molar refractivity (Wildman–Crippen MR) is 127 cm³/mol. The smallest absolute Gasteiger partial charge is 0.223 e. The van der Waals surface area contributed by atoms with Crippen LogP contribution in [0.5, 0.6) is 0 Å². The maximum Gasteiger partial charge on any atom is 0.223 e. The van der Waals surface area contributed by atoms with Crippen LogP contribution in [0.4, 0.5) is 21.8 Å². The molecule has 1 fully saturated rings. The van der Waals surface area contributed by atoms with Crippen molar-refractivity contribution >= 4 is 46.0 Å². The van der Waals surface area contributed by atoms with E-state index in [0.29, 0.717) is 40.8 Å². The normalized spacial score (nSPS) is 18.2. The summed E-state index contributed by atoms with van der Waals surface area (Å²) < 4.78 is 13.5. The number of rotatable bonds is 7. The van der Waals surface area contributed by atoms with Crippen LogP contribution in [0, 0.1) is 11.7 Å². The van der Waals surface area contributed by atoms with Crippen molar-refractivity contribution in [3.8, 4) is 0 Å². The van der Waals surface area contributed by atoms with Gasteiger partial charge in [-0.1, -0.05) is 11.6 Å². The van der Waals surface area contributed by atoms with E-state index in [4.69, 9.17) is 11.6 Å². The van der Waals surface area contributed by atoms with Gasteiger partial charge in [0, 0.05) is 32.2 Å². The van der Waals surface area contributed by atoms with Crippen molar-refractivity contribution in [2.45, 2.75) is 44.6 Å². The van der Waals surface area contributed by atoms with Crippen LogP contribution in [-0.4, -0.2) is 50.9 Å². The van der Waals surface area contributed by atoms with Crippen molar-refractivity contribution in [3.63, 3.8) is 0 Å². The van der Waals surface area contributed by atoms with Gasteiger partial charge < -0.3 is 15.5 Å². The lowest BCUT2D eigenvalue weighted by Gasteiger charge is -2.29. The van der Waals surface area contributed by atoms with E-state index in [1.807, 2.05) is 0 Å². The first-order valence-electron chi connectivity index (χ1n) is 11.1. The number of anilines is 3. The molecule has 1 aliphatic carbocycles. The van der Waals surface area contributed by atoms with Gasteiger partial charge >= 0.3 is 0 Å². The summed E-state index contributed by atoms with van der Waals surface area (Å²) in [7, 11) is 3.60. The van der Waals surface area contributed by atoms with Crippen molar-refractivity contribution < 1.29 is 9.18 Å². The minimum Gasteiger partial charge on any atom is -0.351 e. The Kier molecular flexibility index (Phi) is 7.17. The number of nitrogens with zero attached hydrogens (tertiary/aromatic N) is 5. The molecular formula is C23H27ClFN7O. The molecule has 1 aliphatic rings. The molecule has 0 bridgehead atoms. The molecule has 0 spiro atoms. The van der Waals surface area contributed by atoms with Gasteiger partial charge in [-0.3, -0.25) is 4.79 Å². The lowest BCUT2D eigenvalue weighted by Crippen LogP contribution is -2.28. The number of hydrogen-bond acceptors (Lipinski definition) is 7. The number of aromatic nitrogens is 4. The summed E-state index contributed by atoms with van der Waals surface area (Å²) in [5, 5.41) is 6.59. The molecule has 10 heteroatoms. The van der Waals surface area contributed by atoms with Gasteiger partial charge in [0.1, 0.15) is 23.2 Å². The van der Waals surface area contributed by atoms with Gasteiger partial charge in [-0.15, -0.1) is 0 Å². The second kappa shape index (κ2) is 10.2. The first-order valence-corrected chi connectivity index (χ1v) is 11.4. The van der Waals surface area contributed by atoms with E-state index in [0.717, 1.165) is 32.1 Å². The quantitative estimate of drug-likeness (QED) is 0.511. The van der Waals surface area contributed by atoms with E-state index >= 15 is 0 Å². The summed E-state index contributed by atoms with van der Waals surface area (Å²) in [6.07, 6.45) is 8.80. The zero-order valence-electron chi connectivity index (χ0n) is 18.7. The lowest BCUT2D eigenvalue weighted by molar-refractivity contribution is -0.129. The highest BCUT2D eigenvalue weighted by molar-refractivity contribution is 6.31. The molecule has 0 radical (unpaired) electrons. The number of hydrogen-bond donors (Lipinski definition) is 2. The molecular weight excluding hydrogens is 445 g/mol. The van der Waals surface area contributed by atoms with Crippen LogP contribution in [0.3, 0.4) is 0 Å². The molecule has 2 heterocycles. The van der Waals surface area contributed by atoms with Crippen LogP contribution in [-0.2, 0) is 4.79 Å². The average molecular weight is 472 g/mol. The summed E-state index contributed by atoms with van der Waals surface area (Å²) in [5.74, 6) is 1.29. The summed E-state index contributed by atoms with van der Waals surface area (Å²) in [6, 6.07) is 4.65. The van der Waals surface area contributed by atoms with Crippen molar-refractivity contribution in [2.75, 3.05) is 24.7 Å². The highest BCUT2D eigenvalue weighted by Crippen LogP contribution is 2.30. The molecule has 0 atom stereocenters. The minimum absolute atomic E-state index is 0.0250. The van der Waals surface area contributed by atoms with Gasteiger partial charge in [-0.05, 0) is 56.2 Å². The van der Waals surface area contributed by atoms with Gasteiger partial charge in [-0.25, -0.2) is 24.3 Å². The molecule has 0 saturated heterocycles. The molecule has 1 amide bonds. The fourth-order valence-electron chi connectivity index (χ4n) is 4.06. The Morgan fingerprint density at radius 3 is 2.70 bits per heavy atom.